The summed E-state index contributed by atoms with van der Waals surface area (Å²) in [7, 11) is 3.05. The fourth-order valence-corrected chi connectivity index (χ4v) is 2.43. The fraction of sp³-hybridized carbons (Fsp3) is 0.286. The van der Waals surface area contributed by atoms with Gasteiger partial charge in [-0.2, -0.15) is 0 Å². The minimum atomic E-state index is -0.361. The molecular weight excluding hydrogens is 313 g/mol. The molecule has 0 aliphatic carbocycles. The third-order valence-corrected chi connectivity index (χ3v) is 3.95. The molecule has 0 aliphatic rings. The first-order chi connectivity index (χ1) is 9.81. The van der Waals surface area contributed by atoms with Crippen LogP contribution < -0.4 is 16.6 Å². The molecule has 1 aromatic heterocycles. The molecule has 1 heterocycles. The maximum Gasteiger partial charge on any atom is 0.330 e. The van der Waals surface area contributed by atoms with Gasteiger partial charge in [0.1, 0.15) is 0 Å². The van der Waals surface area contributed by atoms with Crippen molar-refractivity contribution >= 4 is 28.9 Å². The summed E-state index contributed by atoms with van der Waals surface area (Å²) in [6.45, 7) is 2.11. The average molecular weight is 328 g/mol. The molecule has 0 unspecified atom stereocenters. The summed E-state index contributed by atoms with van der Waals surface area (Å²) in [5.74, 6) is 0. The van der Waals surface area contributed by atoms with Gasteiger partial charge in [0.05, 0.1) is 16.3 Å². The lowest BCUT2D eigenvalue weighted by atomic mass is 10.2. The summed E-state index contributed by atoms with van der Waals surface area (Å²) >= 11 is 12.2. The largest absolute Gasteiger partial charge is 0.379 e. The van der Waals surface area contributed by atoms with Gasteiger partial charge in [-0.05, 0) is 24.6 Å². The number of nitrogens with one attached hydrogen (secondary N) is 1. The van der Waals surface area contributed by atoms with Crippen molar-refractivity contribution in [3.05, 3.63) is 60.3 Å². The first kappa shape index (κ1) is 15.7. The Morgan fingerprint density at radius 3 is 2.48 bits per heavy atom. The molecule has 2 rings (SSSR count). The van der Waals surface area contributed by atoms with Crippen LogP contribution in [0.2, 0.25) is 10.0 Å². The lowest BCUT2D eigenvalue weighted by molar-refractivity contribution is 0.671. The zero-order valence-electron chi connectivity index (χ0n) is 11.9. The maximum absolute atomic E-state index is 12.0. The topological polar surface area (TPSA) is 56.0 Å². The van der Waals surface area contributed by atoms with Gasteiger partial charge in [-0.3, -0.25) is 9.36 Å². The Labute approximate surface area is 131 Å². The van der Waals surface area contributed by atoms with Crippen molar-refractivity contribution in [1.82, 2.24) is 9.13 Å². The molecule has 0 atom stereocenters. The normalized spacial score (nSPS) is 10.7. The molecule has 0 saturated carbocycles. The van der Waals surface area contributed by atoms with Gasteiger partial charge in [0.2, 0.25) is 0 Å². The van der Waals surface area contributed by atoms with Crippen molar-refractivity contribution in [3.63, 3.8) is 0 Å². The van der Waals surface area contributed by atoms with Gasteiger partial charge in [0.15, 0.2) is 0 Å². The summed E-state index contributed by atoms with van der Waals surface area (Å²) < 4.78 is 2.43. The van der Waals surface area contributed by atoms with Crippen LogP contribution in [0.1, 0.15) is 11.1 Å². The molecule has 2 aromatic rings. The van der Waals surface area contributed by atoms with Gasteiger partial charge in [-0.1, -0.05) is 23.2 Å². The van der Waals surface area contributed by atoms with Crippen LogP contribution in [0, 0.1) is 6.92 Å². The number of aryl methyl sites for hydroxylation is 2. The molecule has 0 radical (unpaired) electrons. The highest BCUT2D eigenvalue weighted by Gasteiger charge is 2.09. The van der Waals surface area contributed by atoms with Crippen LogP contribution in [0.3, 0.4) is 0 Å². The molecule has 0 saturated heterocycles. The third kappa shape index (κ3) is 3.14. The van der Waals surface area contributed by atoms with Gasteiger partial charge in [0, 0.05) is 31.9 Å². The highest BCUT2D eigenvalue weighted by molar-refractivity contribution is 6.35. The van der Waals surface area contributed by atoms with Gasteiger partial charge in [-0.15, -0.1) is 0 Å². The van der Waals surface area contributed by atoms with Crippen LogP contribution in [0.25, 0.3) is 0 Å². The Hall–Kier alpha value is -1.72. The quantitative estimate of drug-likeness (QED) is 0.941. The maximum atomic E-state index is 12.0. The van der Waals surface area contributed by atoms with E-state index in [0.717, 1.165) is 10.1 Å². The standard InChI is InChI=1S/C14H15Cl2N3O2/c1-8-4-11(16)12(5-10(8)15)17-6-9-7-18(2)14(21)19(3)13(9)20/h4-5,7,17H,6H2,1-3H3. The van der Waals surface area contributed by atoms with Gasteiger partial charge in [-0.25, -0.2) is 4.79 Å². The third-order valence-electron chi connectivity index (χ3n) is 3.24. The SMILES string of the molecule is Cc1cc(Cl)c(NCc2cn(C)c(=O)n(C)c2=O)cc1Cl. The lowest BCUT2D eigenvalue weighted by Gasteiger charge is -2.11. The van der Waals surface area contributed by atoms with Crippen LogP contribution in [0.15, 0.2) is 27.9 Å². The molecule has 21 heavy (non-hydrogen) atoms. The van der Waals surface area contributed by atoms with Gasteiger partial charge < -0.3 is 9.88 Å². The number of hydrogen-bond donors (Lipinski definition) is 1. The first-order valence-corrected chi connectivity index (χ1v) is 7.02. The van der Waals surface area contributed by atoms with E-state index in [9.17, 15) is 9.59 Å². The average Bonchev–Trinajstić information content (AvgIpc) is 2.44. The first-order valence-electron chi connectivity index (χ1n) is 6.26. The van der Waals surface area contributed by atoms with E-state index in [1.807, 2.05) is 6.92 Å². The van der Waals surface area contributed by atoms with Crippen molar-refractivity contribution < 1.29 is 0 Å². The van der Waals surface area contributed by atoms with Crippen LogP contribution in [-0.2, 0) is 20.6 Å². The van der Waals surface area contributed by atoms with E-state index in [1.165, 1.54) is 17.8 Å². The van der Waals surface area contributed by atoms with Crippen molar-refractivity contribution in [3.8, 4) is 0 Å². The van der Waals surface area contributed by atoms with Gasteiger partial charge >= 0.3 is 5.69 Å². The Morgan fingerprint density at radius 1 is 1.14 bits per heavy atom. The van der Waals surface area contributed by atoms with Crippen molar-refractivity contribution in [1.29, 1.82) is 0 Å². The molecule has 0 fully saturated rings. The molecule has 7 heteroatoms. The number of rotatable bonds is 3. The smallest absolute Gasteiger partial charge is 0.330 e. The van der Waals surface area contributed by atoms with E-state index in [4.69, 9.17) is 23.2 Å². The molecule has 0 amide bonds. The van der Waals surface area contributed by atoms with Crippen LogP contribution in [0.5, 0.6) is 0 Å². The summed E-state index contributed by atoms with van der Waals surface area (Å²) in [4.78, 5) is 23.6. The zero-order valence-corrected chi connectivity index (χ0v) is 13.4. The highest BCUT2D eigenvalue weighted by atomic mass is 35.5. The van der Waals surface area contributed by atoms with E-state index in [0.29, 0.717) is 21.3 Å². The Kier molecular flexibility index (Phi) is 4.44. The van der Waals surface area contributed by atoms with Crippen molar-refractivity contribution in [2.75, 3.05) is 5.32 Å². The number of nitrogens with zero attached hydrogens (tertiary/aromatic N) is 2. The van der Waals surface area contributed by atoms with Crippen molar-refractivity contribution in [2.45, 2.75) is 13.5 Å². The lowest BCUT2D eigenvalue weighted by Crippen LogP contribution is -2.38. The summed E-state index contributed by atoms with van der Waals surface area (Å²) in [6.07, 6.45) is 1.52. The van der Waals surface area contributed by atoms with Gasteiger partial charge in [0.25, 0.3) is 5.56 Å². The van der Waals surface area contributed by atoms with E-state index in [-0.39, 0.29) is 17.8 Å². The summed E-state index contributed by atoms with van der Waals surface area (Å²) in [5.41, 5.74) is 1.29. The molecule has 5 nitrogen and oxygen atoms in total. The number of aromatic nitrogens is 2. The molecule has 1 aromatic carbocycles. The molecule has 0 spiro atoms. The second-order valence-electron chi connectivity index (χ2n) is 4.85. The Morgan fingerprint density at radius 2 is 1.81 bits per heavy atom. The summed E-state index contributed by atoms with van der Waals surface area (Å²) in [5, 5.41) is 4.19. The zero-order chi connectivity index (χ0) is 15.7. The van der Waals surface area contributed by atoms with Crippen LogP contribution in [-0.4, -0.2) is 9.13 Å². The summed E-state index contributed by atoms with van der Waals surface area (Å²) in [6, 6.07) is 3.47. The predicted octanol–water partition coefficient (Wildman–Crippen LogP) is 2.31. The molecule has 112 valence electrons. The number of hydrogen-bond acceptors (Lipinski definition) is 3. The van der Waals surface area contributed by atoms with E-state index < -0.39 is 0 Å². The highest BCUT2D eigenvalue weighted by Crippen LogP contribution is 2.28. The van der Waals surface area contributed by atoms with Crippen LogP contribution >= 0.6 is 23.2 Å². The molecule has 1 N–H and O–H groups in total. The number of anilines is 1. The van der Waals surface area contributed by atoms with E-state index >= 15 is 0 Å². The monoisotopic (exact) mass is 327 g/mol. The number of halogens is 2. The van der Waals surface area contributed by atoms with E-state index in [1.54, 1.807) is 19.2 Å². The molecule has 0 bridgehead atoms. The fourth-order valence-electron chi connectivity index (χ4n) is 1.98. The Balaban J connectivity index is 2.31. The van der Waals surface area contributed by atoms with Crippen LogP contribution in [0.4, 0.5) is 5.69 Å². The minimum absolute atomic E-state index is 0.250. The Bertz CT molecular complexity index is 809. The second kappa shape index (κ2) is 5.95. The second-order valence-corrected chi connectivity index (χ2v) is 5.66. The van der Waals surface area contributed by atoms with E-state index in [2.05, 4.69) is 5.32 Å². The molecule has 0 aliphatic heterocycles. The predicted molar refractivity (Wildman–Crippen MR) is 85.4 cm³/mol. The molecular formula is C14H15Cl2N3O2. The number of benzene rings is 1. The van der Waals surface area contributed by atoms with Crippen molar-refractivity contribution in [2.24, 2.45) is 14.1 Å². The minimum Gasteiger partial charge on any atom is -0.379 e.